The molecule has 0 bridgehead atoms. The molecule has 0 spiro atoms. The molecule has 0 fully saturated rings. The smallest absolute Gasteiger partial charge is 0.227 e. The predicted octanol–water partition coefficient (Wildman–Crippen LogP) is 6.10. The van der Waals surface area contributed by atoms with Gasteiger partial charge in [0.15, 0.2) is 5.58 Å². The Balaban J connectivity index is 1.97. The molecular formula is C27H29N2OSi+. The van der Waals surface area contributed by atoms with Crippen molar-refractivity contribution in [2.24, 2.45) is 7.05 Å². The summed E-state index contributed by atoms with van der Waals surface area (Å²) < 4.78 is 8.76. The van der Waals surface area contributed by atoms with E-state index >= 15 is 0 Å². The summed E-state index contributed by atoms with van der Waals surface area (Å²) in [7, 11) is 0.592. The molecule has 0 unspecified atom stereocenters. The second kappa shape index (κ2) is 6.76. The first-order chi connectivity index (χ1) is 14.7. The van der Waals surface area contributed by atoms with Crippen LogP contribution in [0.1, 0.15) is 16.8 Å². The van der Waals surface area contributed by atoms with Crippen molar-refractivity contribution in [1.29, 1.82) is 0 Å². The molecule has 3 heterocycles. The molecule has 0 radical (unpaired) electrons. The first-order valence-electron chi connectivity index (χ1n) is 10.9. The molecule has 0 atom stereocenters. The molecule has 3 aromatic heterocycles. The van der Waals surface area contributed by atoms with Crippen LogP contribution in [-0.4, -0.2) is 13.1 Å². The summed E-state index contributed by atoms with van der Waals surface area (Å²) in [6.45, 7) is 13.7. The van der Waals surface area contributed by atoms with Crippen LogP contribution < -0.4 is 9.75 Å². The lowest BCUT2D eigenvalue weighted by Gasteiger charge is -2.20. The molecule has 0 aliphatic heterocycles. The fraction of sp³-hybridized carbons (Fsp3) is 0.259. The number of hydrogen-bond donors (Lipinski definition) is 0. The summed E-state index contributed by atoms with van der Waals surface area (Å²) in [5, 5.41) is 5.06. The van der Waals surface area contributed by atoms with Crippen molar-refractivity contribution in [2.75, 3.05) is 0 Å². The summed E-state index contributed by atoms with van der Waals surface area (Å²) in [4.78, 5) is 4.67. The molecule has 31 heavy (non-hydrogen) atoms. The highest BCUT2D eigenvalue weighted by molar-refractivity contribution is 6.90. The first-order valence-corrected chi connectivity index (χ1v) is 14.4. The lowest BCUT2D eigenvalue weighted by molar-refractivity contribution is -0.633. The number of hydrogen-bond acceptors (Lipinski definition) is 2. The van der Waals surface area contributed by atoms with Crippen molar-refractivity contribution in [3.05, 3.63) is 65.4 Å². The lowest BCUT2D eigenvalue weighted by atomic mass is 9.96. The molecule has 0 saturated carbocycles. The minimum Gasteiger partial charge on any atom is -0.437 e. The molecule has 0 aliphatic rings. The number of rotatable bonds is 2. The second-order valence-electron chi connectivity index (χ2n) is 9.75. The Morgan fingerprint density at radius 3 is 2.35 bits per heavy atom. The lowest BCUT2D eigenvalue weighted by Crippen LogP contribution is -2.43. The number of benzene rings is 2. The minimum absolute atomic E-state index is 0.718. The fourth-order valence-corrected chi connectivity index (χ4v) is 6.30. The third-order valence-corrected chi connectivity index (χ3v) is 8.58. The van der Waals surface area contributed by atoms with E-state index in [0.29, 0.717) is 0 Å². The van der Waals surface area contributed by atoms with E-state index in [-0.39, 0.29) is 0 Å². The van der Waals surface area contributed by atoms with E-state index in [0.717, 1.165) is 27.8 Å². The van der Waals surface area contributed by atoms with Gasteiger partial charge in [-0.2, -0.15) is 4.57 Å². The average molecular weight is 426 g/mol. The van der Waals surface area contributed by atoms with Crippen molar-refractivity contribution in [1.82, 2.24) is 4.98 Å². The number of pyridine rings is 2. The maximum absolute atomic E-state index is 6.43. The normalized spacial score (nSPS) is 12.4. The topological polar surface area (TPSA) is 29.9 Å². The summed E-state index contributed by atoms with van der Waals surface area (Å²) in [6.07, 6.45) is 0. The zero-order valence-electron chi connectivity index (χ0n) is 19.4. The van der Waals surface area contributed by atoms with Gasteiger partial charge in [-0.3, -0.25) is 0 Å². The number of fused-ring (bicyclic) bond motifs is 4. The van der Waals surface area contributed by atoms with E-state index in [9.17, 15) is 0 Å². The molecule has 0 amide bonds. The van der Waals surface area contributed by atoms with Gasteiger partial charge < -0.3 is 4.42 Å². The van der Waals surface area contributed by atoms with Gasteiger partial charge in [-0.25, -0.2) is 4.98 Å². The summed E-state index contributed by atoms with van der Waals surface area (Å²) >= 11 is 0. The Labute approximate surface area is 184 Å². The van der Waals surface area contributed by atoms with Crippen molar-refractivity contribution in [2.45, 2.75) is 40.4 Å². The standard InChI is InChI=1S/C27H29N2OSi/c1-16-14-21-19-13-12-17(2)28-27(19)30-26(21)25(18(16)3)23-15-24(31(5,6)7)20-10-8-9-11-22(20)29(23)4/h8-15H,1-7H3/q+1. The third-order valence-electron chi connectivity index (χ3n) is 6.55. The number of para-hydroxylation sites is 1. The van der Waals surface area contributed by atoms with Crippen LogP contribution in [0.15, 0.2) is 52.9 Å². The van der Waals surface area contributed by atoms with Gasteiger partial charge in [0.25, 0.3) is 0 Å². The van der Waals surface area contributed by atoms with Crippen molar-refractivity contribution >= 4 is 46.2 Å². The van der Waals surface area contributed by atoms with Crippen molar-refractivity contribution in [3.63, 3.8) is 0 Å². The molecule has 0 N–H and O–H groups in total. The Morgan fingerprint density at radius 2 is 1.61 bits per heavy atom. The minimum atomic E-state index is -1.58. The molecule has 5 rings (SSSR count). The van der Waals surface area contributed by atoms with E-state index in [1.54, 1.807) is 0 Å². The van der Waals surface area contributed by atoms with Gasteiger partial charge in [0, 0.05) is 34.0 Å². The van der Waals surface area contributed by atoms with Crippen molar-refractivity contribution < 1.29 is 8.98 Å². The molecule has 0 saturated heterocycles. The number of nitrogens with zero attached hydrogens (tertiary/aromatic N) is 2. The zero-order chi connectivity index (χ0) is 22.1. The number of aromatic nitrogens is 2. The molecule has 0 aliphatic carbocycles. The van der Waals surface area contributed by atoms with E-state index in [1.807, 2.05) is 6.92 Å². The highest BCUT2D eigenvalue weighted by Crippen LogP contribution is 2.38. The summed E-state index contributed by atoms with van der Waals surface area (Å²) in [6, 6.07) is 17.6. The maximum Gasteiger partial charge on any atom is 0.227 e. The van der Waals surface area contributed by atoms with Gasteiger partial charge in [-0.1, -0.05) is 31.8 Å². The SMILES string of the molecule is Cc1ccc2c(n1)oc1c(-c3cc([Si](C)(C)C)c4ccccc4[n+]3C)c(C)c(C)cc12. The van der Waals surface area contributed by atoms with E-state index in [4.69, 9.17) is 4.42 Å². The van der Waals surface area contributed by atoms with Gasteiger partial charge in [0.2, 0.25) is 16.9 Å². The quantitative estimate of drug-likeness (QED) is 0.253. The van der Waals surface area contributed by atoms with Gasteiger partial charge in [0.1, 0.15) is 7.05 Å². The first kappa shape index (κ1) is 19.9. The highest BCUT2D eigenvalue weighted by atomic mass is 28.3. The van der Waals surface area contributed by atoms with Crippen LogP contribution in [0.2, 0.25) is 19.6 Å². The highest BCUT2D eigenvalue weighted by Gasteiger charge is 2.29. The van der Waals surface area contributed by atoms with Crippen LogP contribution in [0.25, 0.3) is 44.2 Å². The van der Waals surface area contributed by atoms with Crippen LogP contribution in [0.4, 0.5) is 0 Å². The van der Waals surface area contributed by atoms with Gasteiger partial charge in [-0.15, -0.1) is 0 Å². The van der Waals surface area contributed by atoms with Crippen molar-refractivity contribution in [3.8, 4) is 11.3 Å². The third kappa shape index (κ3) is 3.00. The Morgan fingerprint density at radius 1 is 0.871 bits per heavy atom. The van der Waals surface area contributed by atoms with Crippen LogP contribution in [0, 0.1) is 20.8 Å². The molecule has 3 nitrogen and oxygen atoms in total. The Bertz CT molecular complexity index is 1510. The molecule has 2 aromatic carbocycles. The average Bonchev–Trinajstić information content (AvgIpc) is 3.06. The molecule has 156 valence electrons. The second-order valence-corrected chi connectivity index (χ2v) is 14.8. The van der Waals surface area contributed by atoms with E-state index in [2.05, 4.69) is 98.6 Å². The van der Waals surface area contributed by atoms with Crippen LogP contribution in [0.3, 0.4) is 0 Å². The molecule has 4 heteroatoms. The van der Waals surface area contributed by atoms with Crippen LogP contribution >= 0.6 is 0 Å². The Kier molecular flexibility index (Phi) is 4.35. The van der Waals surface area contributed by atoms with Crippen LogP contribution in [-0.2, 0) is 7.05 Å². The Hall–Kier alpha value is -2.98. The summed E-state index contributed by atoms with van der Waals surface area (Å²) in [5.74, 6) is 0. The van der Waals surface area contributed by atoms with Gasteiger partial charge in [0.05, 0.1) is 13.6 Å². The number of aryl methyl sites for hydroxylation is 3. The molecule has 5 aromatic rings. The van der Waals surface area contributed by atoms with Gasteiger partial charge in [-0.05, 0) is 61.4 Å². The largest absolute Gasteiger partial charge is 0.437 e. The number of furan rings is 1. The van der Waals surface area contributed by atoms with E-state index < -0.39 is 8.07 Å². The summed E-state index contributed by atoms with van der Waals surface area (Å²) in [5.41, 5.74) is 8.80. The maximum atomic E-state index is 6.43. The van der Waals surface area contributed by atoms with Gasteiger partial charge >= 0.3 is 0 Å². The zero-order valence-corrected chi connectivity index (χ0v) is 20.4. The predicted molar refractivity (Wildman–Crippen MR) is 133 cm³/mol. The van der Waals surface area contributed by atoms with E-state index in [1.165, 1.54) is 38.5 Å². The van der Waals surface area contributed by atoms with Crippen LogP contribution in [0.5, 0.6) is 0 Å². The molecular weight excluding hydrogens is 396 g/mol. The monoisotopic (exact) mass is 425 g/mol. The fourth-order valence-electron chi connectivity index (χ4n) is 4.71.